The Balaban J connectivity index is 0.000000148. The van der Waals surface area contributed by atoms with E-state index in [0.717, 1.165) is 79.4 Å². The number of carbonyl (C=O) groups excluding carboxylic acids is 16. The first-order chi connectivity index (χ1) is 36.3. The summed E-state index contributed by atoms with van der Waals surface area (Å²) in [6.45, 7) is 0.912. The lowest BCUT2D eigenvalue weighted by molar-refractivity contribution is -0.142. The molecule has 24 nitrogen and oxygen atoms in total. The van der Waals surface area contributed by atoms with Crippen LogP contribution >= 0.6 is 0 Å². The molecule has 0 N–H and O–H groups in total. The van der Waals surface area contributed by atoms with Crippen LogP contribution in [0.1, 0.15) is 25.7 Å². The first-order valence-electron chi connectivity index (χ1n) is 22.9. The summed E-state index contributed by atoms with van der Waals surface area (Å²) >= 11 is 0. The van der Waals surface area contributed by atoms with Gasteiger partial charge in [0.1, 0.15) is 0 Å². The summed E-state index contributed by atoms with van der Waals surface area (Å²) in [5.41, 5.74) is 1.41. The minimum absolute atomic E-state index is 0.0316. The summed E-state index contributed by atoms with van der Waals surface area (Å²) in [5, 5.41) is 0. The van der Waals surface area contributed by atoms with Crippen molar-refractivity contribution in [2.24, 2.45) is 0 Å². The Morgan fingerprint density at radius 3 is 0.645 bits per heavy atom. The van der Waals surface area contributed by atoms with E-state index in [1.165, 1.54) is 113 Å². The zero-order valence-corrected chi connectivity index (χ0v) is 39.6. The minimum Gasteiger partial charge on any atom is -0.275 e. The van der Waals surface area contributed by atoms with Gasteiger partial charge in [-0.3, -0.25) is 96.3 Å². The summed E-state index contributed by atoms with van der Waals surface area (Å²) in [7, 11) is 0. The Labute approximate surface area is 429 Å². The van der Waals surface area contributed by atoms with E-state index < -0.39 is 70.9 Å². The van der Waals surface area contributed by atoms with Crippen molar-refractivity contribution in [2.45, 2.75) is 25.7 Å². The zero-order chi connectivity index (χ0) is 54.8. The maximum atomic E-state index is 11.6. The fraction of sp³-hybridized carbons (Fsp3) is 0.154. The lowest BCUT2D eigenvalue weighted by Crippen LogP contribution is -2.40. The summed E-state index contributed by atoms with van der Waals surface area (Å²) in [5.74, 6) is -6.19. The summed E-state index contributed by atoms with van der Waals surface area (Å²) < 4.78 is 0. The Kier molecular flexibility index (Phi) is 16.4. The SMILES string of the molecule is O=C1C=CC(=O)N1CCCCCCN1C(=O)C=CC1=O.O=C1C=CC(=O)N1CCN1C(=O)C=CC1=O.O=C1C=CC(=O)N1c1ccc(N2C(=O)C=CC2=O)cc1.O=C1C=CC(=O)N1c1cccc(N2C(=O)C=CC2=O)c1. The topological polar surface area (TPSA) is 299 Å². The van der Waals surface area contributed by atoms with Crippen LogP contribution in [0.5, 0.6) is 0 Å². The highest BCUT2D eigenvalue weighted by Gasteiger charge is 2.32. The lowest BCUT2D eigenvalue weighted by Gasteiger charge is -2.18. The molecule has 0 saturated carbocycles. The van der Waals surface area contributed by atoms with Crippen LogP contribution in [-0.4, -0.2) is 140 Å². The molecular formula is C52H40N8O16. The largest absolute Gasteiger partial charge is 0.275 e. The molecule has 0 fully saturated rings. The van der Waals surface area contributed by atoms with E-state index in [2.05, 4.69) is 0 Å². The third-order valence-electron chi connectivity index (χ3n) is 11.6. The van der Waals surface area contributed by atoms with E-state index in [4.69, 9.17) is 0 Å². The van der Waals surface area contributed by atoms with Crippen LogP contribution in [0.25, 0.3) is 0 Å². The lowest BCUT2D eigenvalue weighted by atomic mass is 10.2. The van der Waals surface area contributed by atoms with Gasteiger partial charge >= 0.3 is 0 Å². The van der Waals surface area contributed by atoms with Gasteiger partial charge < -0.3 is 0 Å². The normalized spacial score (nSPS) is 18.2. The van der Waals surface area contributed by atoms with Crippen molar-refractivity contribution >= 4 is 117 Å². The van der Waals surface area contributed by atoms with Gasteiger partial charge in [-0.15, -0.1) is 0 Å². The minimum atomic E-state index is -0.454. The van der Waals surface area contributed by atoms with Crippen LogP contribution in [-0.2, 0) is 76.7 Å². The third-order valence-corrected chi connectivity index (χ3v) is 11.6. The number of hydrogen-bond donors (Lipinski definition) is 0. The standard InChI is InChI=1S/2C14H8N2O4.C14H16N2O4.C10H8N2O4/c17-11-5-6-12(18)15(11)9-1-2-10(4-3-9)16-13(19)7-8-14(16)20;17-11-4-5-12(18)15(11)9-2-1-3-10(8-9)16-13(19)6-7-14(16)20;17-11-5-6-12(18)15(11)9-3-1-2-4-10-16-13(19)7-8-14(16)20;13-7-1-2-8(14)11(7)5-6-12-9(15)3-4-10(12)16/h2*1-8H;5-8H,1-4,9-10H2;1-4H,5-6H2. The molecule has 0 atom stereocenters. The molecule has 0 radical (unpaired) electrons. The molecule has 384 valence electrons. The molecule has 2 aromatic carbocycles. The number of amides is 16. The molecule has 8 aliphatic rings. The number of rotatable bonds is 14. The molecule has 8 aliphatic heterocycles. The monoisotopic (exact) mass is 1030 g/mol. The van der Waals surface area contributed by atoms with Gasteiger partial charge in [0.2, 0.25) is 0 Å². The maximum Gasteiger partial charge on any atom is 0.258 e. The predicted octanol–water partition coefficient (Wildman–Crippen LogP) is 0.324. The zero-order valence-electron chi connectivity index (χ0n) is 39.6. The molecule has 0 bridgehead atoms. The van der Waals surface area contributed by atoms with Crippen molar-refractivity contribution in [1.29, 1.82) is 0 Å². The molecule has 2 aromatic rings. The van der Waals surface area contributed by atoms with E-state index in [9.17, 15) is 76.7 Å². The van der Waals surface area contributed by atoms with Crippen molar-refractivity contribution in [3.8, 4) is 0 Å². The van der Waals surface area contributed by atoms with Gasteiger partial charge in [-0.2, -0.15) is 0 Å². The van der Waals surface area contributed by atoms with Gasteiger partial charge in [0.15, 0.2) is 0 Å². The van der Waals surface area contributed by atoms with Crippen molar-refractivity contribution in [2.75, 3.05) is 45.8 Å². The number of hydrogen-bond acceptors (Lipinski definition) is 16. The highest BCUT2D eigenvalue weighted by Crippen LogP contribution is 2.28. The van der Waals surface area contributed by atoms with Crippen molar-refractivity contribution in [3.05, 3.63) is 146 Å². The van der Waals surface area contributed by atoms with Gasteiger partial charge in [0.25, 0.3) is 94.5 Å². The van der Waals surface area contributed by atoms with Gasteiger partial charge in [0.05, 0.1) is 22.7 Å². The number of unbranched alkanes of at least 4 members (excludes halogenated alkanes) is 3. The van der Waals surface area contributed by atoms with Gasteiger partial charge in [-0.05, 0) is 55.3 Å². The Morgan fingerprint density at radius 2 is 0.408 bits per heavy atom. The average Bonchev–Trinajstić information content (AvgIpc) is 4.31. The summed E-state index contributed by atoms with van der Waals surface area (Å²) in [6.07, 6.45) is 22.4. The Hall–Kier alpha value is -10.5. The summed E-state index contributed by atoms with van der Waals surface area (Å²) in [4.78, 5) is 191. The maximum absolute atomic E-state index is 11.6. The smallest absolute Gasteiger partial charge is 0.258 e. The third kappa shape index (κ3) is 12.0. The molecular weight excluding hydrogens is 993 g/mol. The van der Waals surface area contributed by atoms with Crippen LogP contribution in [0, 0.1) is 0 Å². The number of carbonyl (C=O) groups is 16. The number of nitrogens with zero attached hydrogens (tertiary/aromatic N) is 8. The van der Waals surface area contributed by atoms with Gasteiger partial charge in [-0.1, -0.05) is 18.9 Å². The number of anilines is 4. The first-order valence-corrected chi connectivity index (χ1v) is 22.9. The second kappa shape index (κ2) is 23.4. The van der Waals surface area contributed by atoms with Gasteiger partial charge in [0, 0.05) is 123 Å². The molecule has 0 unspecified atom stereocenters. The summed E-state index contributed by atoms with van der Waals surface area (Å²) in [6, 6.07) is 12.2. The van der Waals surface area contributed by atoms with Crippen molar-refractivity contribution < 1.29 is 76.7 Å². The molecule has 8 heterocycles. The van der Waals surface area contributed by atoms with Crippen molar-refractivity contribution in [1.82, 2.24) is 19.6 Å². The quantitative estimate of drug-likeness (QED) is 0.182. The Morgan fingerprint density at radius 1 is 0.211 bits per heavy atom. The Bertz CT molecular complexity index is 2860. The molecule has 0 aromatic heterocycles. The molecule has 10 rings (SSSR count). The first kappa shape index (κ1) is 53.3. The second-order valence-corrected chi connectivity index (χ2v) is 16.5. The van der Waals surface area contributed by atoms with Crippen LogP contribution in [0.4, 0.5) is 22.7 Å². The molecule has 76 heavy (non-hydrogen) atoms. The molecule has 0 aliphatic carbocycles. The van der Waals surface area contributed by atoms with Crippen LogP contribution < -0.4 is 19.6 Å². The predicted molar refractivity (Wildman–Crippen MR) is 261 cm³/mol. The van der Waals surface area contributed by atoms with Crippen molar-refractivity contribution in [3.63, 3.8) is 0 Å². The molecule has 0 spiro atoms. The second-order valence-electron chi connectivity index (χ2n) is 16.5. The van der Waals surface area contributed by atoms with E-state index in [1.54, 1.807) is 18.2 Å². The number of benzene rings is 2. The molecule has 24 heteroatoms. The van der Waals surface area contributed by atoms with E-state index in [0.29, 0.717) is 35.8 Å². The van der Waals surface area contributed by atoms with Crippen LogP contribution in [0.2, 0.25) is 0 Å². The average molecular weight is 1030 g/mol. The van der Waals surface area contributed by atoms with E-state index in [-0.39, 0.29) is 36.7 Å². The fourth-order valence-electron chi connectivity index (χ4n) is 7.84. The van der Waals surface area contributed by atoms with E-state index >= 15 is 0 Å². The number of imide groups is 8. The van der Waals surface area contributed by atoms with E-state index in [1.807, 2.05) is 0 Å². The van der Waals surface area contributed by atoms with Gasteiger partial charge in [-0.25, -0.2) is 19.6 Å². The highest BCUT2D eigenvalue weighted by atomic mass is 16.2. The van der Waals surface area contributed by atoms with Crippen LogP contribution in [0.3, 0.4) is 0 Å². The molecule has 16 amide bonds. The highest BCUT2D eigenvalue weighted by molar-refractivity contribution is 6.31. The molecule has 0 saturated heterocycles. The fourth-order valence-corrected chi connectivity index (χ4v) is 7.84. The van der Waals surface area contributed by atoms with Crippen LogP contribution in [0.15, 0.2) is 146 Å².